The predicted molar refractivity (Wildman–Crippen MR) is 84.1 cm³/mol. The molecule has 0 bridgehead atoms. The smallest absolute Gasteiger partial charge is 0.359 e. The molecule has 0 aliphatic carbocycles. The zero-order valence-electron chi connectivity index (χ0n) is 13.8. The van der Waals surface area contributed by atoms with E-state index in [1.54, 1.807) is 7.05 Å². The van der Waals surface area contributed by atoms with Gasteiger partial charge in [0.05, 0.1) is 13.7 Å². The quantitative estimate of drug-likeness (QED) is 0.339. The van der Waals surface area contributed by atoms with Crippen molar-refractivity contribution in [3.05, 3.63) is 0 Å². The van der Waals surface area contributed by atoms with Crippen molar-refractivity contribution in [2.45, 2.75) is 64.4 Å². The molecular weight excluding hydrogens is 270 g/mol. The fourth-order valence-electron chi connectivity index (χ4n) is 2.74. The molecule has 0 aliphatic rings. The number of aliphatic hydroxyl groups excluding tert-OH is 2. The summed E-state index contributed by atoms with van der Waals surface area (Å²) in [6, 6.07) is 0. The number of unbranched alkanes of at least 4 members (excludes halogenated alkanes) is 6. The Labute approximate surface area is 129 Å². The van der Waals surface area contributed by atoms with Crippen molar-refractivity contribution in [1.82, 2.24) is 0 Å². The van der Waals surface area contributed by atoms with Gasteiger partial charge in [0.1, 0.15) is 19.2 Å². The molecule has 2 unspecified atom stereocenters. The van der Waals surface area contributed by atoms with E-state index in [1.807, 2.05) is 0 Å². The number of rotatable bonds is 14. The molecule has 126 valence electrons. The number of likely N-dealkylation sites (N-methyl/N-ethyl adjacent to an activating group) is 1. The highest BCUT2D eigenvalue weighted by atomic mass is 16.4. The van der Waals surface area contributed by atoms with Crippen molar-refractivity contribution < 1.29 is 24.6 Å². The van der Waals surface area contributed by atoms with Crippen LogP contribution in [0.3, 0.4) is 0 Å². The summed E-state index contributed by atoms with van der Waals surface area (Å²) in [5, 5.41) is 28.1. The van der Waals surface area contributed by atoms with Crippen LogP contribution >= 0.6 is 0 Å². The number of carbonyl (C=O) groups is 1. The SMILES string of the molecule is CCCCCCCCCC(O)C[N+](C)(CCO)CC(=O)O. The molecule has 2 atom stereocenters. The minimum atomic E-state index is -0.894. The second-order valence-corrected chi connectivity index (χ2v) is 6.36. The molecule has 0 aliphatic heterocycles. The fraction of sp³-hybridized carbons (Fsp3) is 0.938. The van der Waals surface area contributed by atoms with E-state index in [1.165, 1.54) is 32.1 Å². The summed E-state index contributed by atoms with van der Waals surface area (Å²) in [7, 11) is 1.78. The zero-order chi connectivity index (χ0) is 16.1. The van der Waals surface area contributed by atoms with E-state index in [0.717, 1.165) is 12.8 Å². The number of aliphatic hydroxyl groups is 2. The molecule has 0 rings (SSSR count). The van der Waals surface area contributed by atoms with E-state index < -0.39 is 12.1 Å². The van der Waals surface area contributed by atoms with Gasteiger partial charge in [0.25, 0.3) is 0 Å². The Kier molecular flexibility index (Phi) is 11.6. The van der Waals surface area contributed by atoms with Gasteiger partial charge in [-0.1, -0.05) is 51.9 Å². The first kappa shape index (κ1) is 20.3. The maximum Gasteiger partial charge on any atom is 0.359 e. The van der Waals surface area contributed by atoms with Crippen LogP contribution in [0, 0.1) is 0 Å². The average molecular weight is 304 g/mol. The van der Waals surface area contributed by atoms with Gasteiger partial charge < -0.3 is 19.8 Å². The Balaban J connectivity index is 3.87. The lowest BCUT2D eigenvalue weighted by molar-refractivity contribution is -0.905. The molecule has 21 heavy (non-hydrogen) atoms. The van der Waals surface area contributed by atoms with Gasteiger partial charge in [-0.25, -0.2) is 4.79 Å². The van der Waals surface area contributed by atoms with Crippen molar-refractivity contribution in [2.75, 3.05) is 33.3 Å². The second kappa shape index (κ2) is 12.0. The summed E-state index contributed by atoms with van der Waals surface area (Å²) >= 11 is 0. The molecule has 5 nitrogen and oxygen atoms in total. The lowest BCUT2D eigenvalue weighted by atomic mass is 10.1. The van der Waals surface area contributed by atoms with Gasteiger partial charge in [0, 0.05) is 0 Å². The zero-order valence-corrected chi connectivity index (χ0v) is 13.8. The highest BCUT2D eigenvalue weighted by Gasteiger charge is 2.27. The van der Waals surface area contributed by atoms with Gasteiger partial charge in [-0.3, -0.25) is 0 Å². The maximum absolute atomic E-state index is 10.9. The minimum absolute atomic E-state index is 0.0609. The van der Waals surface area contributed by atoms with Gasteiger partial charge in [-0.15, -0.1) is 0 Å². The topological polar surface area (TPSA) is 77.8 Å². The fourth-order valence-corrected chi connectivity index (χ4v) is 2.74. The molecule has 0 aromatic rings. The summed E-state index contributed by atoms with van der Waals surface area (Å²) in [5.74, 6) is -0.894. The summed E-state index contributed by atoms with van der Waals surface area (Å²) in [4.78, 5) is 10.9. The third-order valence-corrected chi connectivity index (χ3v) is 3.95. The van der Waals surface area contributed by atoms with Crippen molar-refractivity contribution >= 4 is 5.97 Å². The Hall–Kier alpha value is -0.650. The molecule has 0 saturated carbocycles. The van der Waals surface area contributed by atoms with E-state index in [0.29, 0.717) is 19.5 Å². The van der Waals surface area contributed by atoms with Gasteiger partial charge in [0.15, 0.2) is 6.54 Å². The van der Waals surface area contributed by atoms with E-state index in [4.69, 9.17) is 10.2 Å². The Morgan fingerprint density at radius 1 is 1.10 bits per heavy atom. The highest BCUT2D eigenvalue weighted by Crippen LogP contribution is 2.12. The average Bonchev–Trinajstić information content (AvgIpc) is 2.36. The highest BCUT2D eigenvalue weighted by molar-refractivity contribution is 5.67. The van der Waals surface area contributed by atoms with Crippen LogP contribution < -0.4 is 0 Å². The van der Waals surface area contributed by atoms with Crippen molar-refractivity contribution in [2.24, 2.45) is 0 Å². The van der Waals surface area contributed by atoms with Crippen molar-refractivity contribution in [3.8, 4) is 0 Å². The first-order valence-electron chi connectivity index (χ1n) is 8.28. The van der Waals surface area contributed by atoms with Crippen LogP contribution in [0.25, 0.3) is 0 Å². The van der Waals surface area contributed by atoms with Gasteiger partial charge in [0.2, 0.25) is 0 Å². The normalized spacial score (nSPS) is 15.6. The van der Waals surface area contributed by atoms with Crippen LogP contribution in [0.15, 0.2) is 0 Å². The van der Waals surface area contributed by atoms with Crippen LogP contribution in [-0.2, 0) is 4.79 Å². The molecule has 0 aromatic carbocycles. The maximum atomic E-state index is 10.9. The summed E-state index contributed by atoms with van der Waals surface area (Å²) in [5.41, 5.74) is 0. The third kappa shape index (κ3) is 11.7. The van der Waals surface area contributed by atoms with Crippen LogP contribution in [0.2, 0.25) is 0 Å². The van der Waals surface area contributed by atoms with E-state index in [9.17, 15) is 9.90 Å². The Morgan fingerprint density at radius 2 is 1.67 bits per heavy atom. The Morgan fingerprint density at radius 3 is 2.19 bits per heavy atom. The lowest BCUT2D eigenvalue weighted by Crippen LogP contribution is -2.53. The summed E-state index contributed by atoms with van der Waals surface area (Å²) in [6.45, 7) is 2.83. The van der Waals surface area contributed by atoms with Gasteiger partial charge in [-0.2, -0.15) is 0 Å². The van der Waals surface area contributed by atoms with Gasteiger partial charge in [-0.05, 0) is 6.42 Å². The molecule has 0 heterocycles. The molecule has 0 radical (unpaired) electrons. The monoisotopic (exact) mass is 304 g/mol. The van der Waals surface area contributed by atoms with E-state index in [-0.39, 0.29) is 17.6 Å². The minimum Gasteiger partial charge on any atom is -0.477 e. The second-order valence-electron chi connectivity index (χ2n) is 6.36. The summed E-state index contributed by atoms with van der Waals surface area (Å²) < 4.78 is 0.184. The van der Waals surface area contributed by atoms with Crippen LogP contribution in [-0.4, -0.2) is 65.2 Å². The van der Waals surface area contributed by atoms with Gasteiger partial charge >= 0.3 is 5.97 Å². The molecule has 0 amide bonds. The number of carboxylic acids is 1. The molecular formula is C16H34NO4+. The van der Waals surface area contributed by atoms with E-state index in [2.05, 4.69) is 6.92 Å². The largest absolute Gasteiger partial charge is 0.477 e. The van der Waals surface area contributed by atoms with Crippen molar-refractivity contribution in [3.63, 3.8) is 0 Å². The predicted octanol–water partition coefficient (Wildman–Crippen LogP) is 2.01. The number of hydrogen-bond acceptors (Lipinski definition) is 3. The van der Waals surface area contributed by atoms with Crippen LogP contribution in [0.1, 0.15) is 58.3 Å². The molecule has 0 saturated heterocycles. The molecule has 0 aromatic heterocycles. The molecule has 3 N–H and O–H groups in total. The van der Waals surface area contributed by atoms with E-state index >= 15 is 0 Å². The molecule has 0 fully saturated rings. The third-order valence-electron chi connectivity index (χ3n) is 3.95. The molecule has 0 spiro atoms. The number of hydrogen-bond donors (Lipinski definition) is 3. The lowest BCUT2D eigenvalue weighted by Gasteiger charge is -2.34. The van der Waals surface area contributed by atoms with Crippen LogP contribution in [0.5, 0.6) is 0 Å². The van der Waals surface area contributed by atoms with Crippen molar-refractivity contribution in [1.29, 1.82) is 0 Å². The number of aliphatic carboxylic acids is 1. The molecule has 5 heteroatoms. The van der Waals surface area contributed by atoms with Crippen LogP contribution in [0.4, 0.5) is 0 Å². The Bertz CT molecular complexity index is 273. The number of quaternary nitrogens is 1. The standard InChI is InChI=1S/C16H33NO4/c1-3-4-5-6-7-8-9-10-15(19)13-17(2,11-12-18)14-16(20)21/h15,18-19H,3-14H2,1-2H3/p+1. The first-order valence-corrected chi connectivity index (χ1v) is 8.28. The number of nitrogens with zero attached hydrogens (tertiary/aromatic N) is 1. The summed E-state index contributed by atoms with van der Waals surface area (Å²) in [6.07, 6.45) is 8.67. The number of carboxylic acid groups (broad SMARTS) is 1. The first-order chi connectivity index (χ1) is 9.93.